The van der Waals surface area contributed by atoms with Crippen LogP contribution in [0, 0.1) is 5.92 Å². The first-order valence-corrected chi connectivity index (χ1v) is 10.8. The molecule has 0 unspecified atom stereocenters. The Hall–Kier alpha value is -2.60. The van der Waals surface area contributed by atoms with Crippen molar-refractivity contribution < 1.29 is 0 Å². The summed E-state index contributed by atoms with van der Waals surface area (Å²) in [5.41, 5.74) is 7.17. The third-order valence-electron chi connectivity index (χ3n) is 6.05. The van der Waals surface area contributed by atoms with Crippen molar-refractivity contribution in [3.8, 4) is 0 Å². The van der Waals surface area contributed by atoms with Crippen molar-refractivity contribution >= 4 is 11.1 Å². The lowest BCUT2D eigenvalue weighted by atomic mass is 9.80. The molecule has 1 saturated carbocycles. The maximum Gasteiger partial charge on any atom is -0.00169 e. The van der Waals surface area contributed by atoms with Crippen molar-refractivity contribution in [2.24, 2.45) is 5.92 Å². The Morgan fingerprint density at radius 3 is 1.64 bits per heavy atom. The van der Waals surface area contributed by atoms with Gasteiger partial charge in [0.25, 0.3) is 0 Å². The molecule has 4 rings (SSSR count). The third kappa shape index (κ3) is 4.81. The van der Waals surface area contributed by atoms with Gasteiger partial charge in [0.1, 0.15) is 0 Å². The molecular formula is C28H30. The normalized spacial score (nSPS) is 15.9. The molecule has 0 spiro atoms. The van der Waals surface area contributed by atoms with Crippen LogP contribution in [0.3, 0.4) is 0 Å². The van der Waals surface area contributed by atoms with E-state index < -0.39 is 0 Å². The highest BCUT2D eigenvalue weighted by molar-refractivity contribution is 5.91. The minimum Gasteiger partial charge on any atom is -0.0622 e. The van der Waals surface area contributed by atoms with Gasteiger partial charge in [-0.3, -0.25) is 0 Å². The van der Waals surface area contributed by atoms with Crippen LogP contribution in [0.2, 0.25) is 0 Å². The van der Waals surface area contributed by atoms with E-state index in [2.05, 4.69) is 91.0 Å². The van der Waals surface area contributed by atoms with E-state index >= 15 is 0 Å². The molecule has 142 valence electrons. The Morgan fingerprint density at radius 2 is 1.07 bits per heavy atom. The van der Waals surface area contributed by atoms with Crippen LogP contribution < -0.4 is 0 Å². The Kier molecular flexibility index (Phi) is 6.40. The van der Waals surface area contributed by atoms with E-state index in [1.165, 1.54) is 60.8 Å². The maximum absolute atomic E-state index is 2.30. The fourth-order valence-corrected chi connectivity index (χ4v) is 4.56. The van der Waals surface area contributed by atoms with Crippen LogP contribution in [0.5, 0.6) is 0 Å². The van der Waals surface area contributed by atoms with Gasteiger partial charge in [0.2, 0.25) is 0 Å². The van der Waals surface area contributed by atoms with Gasteiger partial charge in [0.15, 0.2) is 0 Å². The molecule has 0 saturated heterocycles. The summed E-state index contributed by atoms with van der Waals surface area (Å²) in [6, 6.07) is 33.0. The minimum absolute atomic E-state index is 0.818. The van der Waals surface area contributed by atoms with Crippen LogP contribution in [0.4, 0.5) is 0 Å². The predicted molar refractivity (Wildman–Crippen MR) is 121 cm³/mol. The van der Waals surface area contributed by atoms with Gasteiger partial charge in [-0.15, -0.1) is 0 Å². The highest BCUT2D eigenvalue weighted by Crippen LogP contribution is 2.38. The van der Waals surface area contributed by atoms with Gasteiger partial charge in [0.05, 0.1) is 0 Å². The van der Waals surface area contributed by atoms with E-state index in [9.17, 15) is 0 Å². The monoisotopic (exact) mass is 366 g/mol. The second-order valence-electron chi connectivity index (χ2n) is 8.06. The smallest absolute Gasteiger partial charge is 0.00169 e. The molecule has 0 bridgehead atoms. The molecule has 0 amide bonds. The third-order valence-corrected chi connectivity index (χ3v) is 6.05. The van der Waals surface area contributed by atoms with Gasteiger partial charge >= 0.3 is 0 Å². The Labute approximate surface area is 169 Å². The van der Waals surface area contributed by atoms with Crippen LogP contribution in [-0.4, -0.2) is 0 Å². The highest BCUT2D eigenvalue weighted by atomic mass is 14.2. The Balaban J connectivity index is 1.80. The molecule has 0 nitrogen and oxygen atoms in total. The quantitative estimate of drug-likeness (QED) is 0.390. The van der Waals surface area contributed by atoms with Crippen molar-refractivity contribution in [3.05, 3.63) is 108 Å². The first-order chi connectivity index (χ1) is 13.9. The minimum atomic E-state index is 0.818. The van der Waals surface area contributed by atoms with Crippen molar-refractivity contribution in [2.45, 2.75) is 44.9 Å². The molecule has 0 radical (unpaired) electrons. The van der Waals surface area contributed by atoms with Gasteiger partial charge in [-0.25, -0.2) is 0 Å². The van der Waals surface area contributed by atoms with Crippen molar-refractivity contribution in [2.75, 3.05) is 0 Å². The van der Waals surface area contributed by atoms with E-state index in [1.54, 1.807) is 5.57 Å². The van der Waals surface area contributed by atoms with Gasteiger partial charge < -0.3 is 0 Å². The number of allylic oxidation sites excluding steroid dienone is 2. The van der Waals surface area contributed by atoms with Crippen molar-refractivity contribution in [1.29, 1.82) is 0 Å². The summed E-state index contributed by atoms with van der Waals surface area (Å²) >= 11 is 0. The molecule has 0 aliphatic heterocycles. The molecule has 3 aromatic rings. The van der Waals surface area contributed by atoms with E-state index in [-0.39, 0.29) is 0 Å². The average Bonchev–Trinajstić information content (AvgIpc) is 2.79. The van der Waals surface area contributed by atoms with E-state index in [0.717, 1.165) is 12.3 Å². The zero-order valence-electron chi connectivity index (χ0n) is 16.7. The molecule has 1 aliphatic carbocycles. The Bertz CT molecular complexity index is 869. The maximum atomic E-state index is 2.30. The number of benzene rings is 3. The topological polar surface area (TPSA) is 0 Å². The van der Waals surface area contributed by atoms with Crippen LogP contribution >= 0.6 is 0 Å². The van der Waals surface area contributed by atoms with Gasteiger partial charge in [-0.05, 0) is 46.6 Å². The van der Waals surface area contributed by atoms with Crippen LogP contribution in [0.25, 0.3) is 11.1 Å². The molecule has 0 heterocycles. The first kappa shape index (κ1) is 18.7. The molecule has 0 aromatic heterocycles. The summed E-state index contributed by atoms with van der Waals surface area (Å²) in [5.74, 6) is 0.818. The first-order valence-electron chi connectivity index (χ1n) is 10.8. The van der Waals surface area contributed by atoms with Crippen LogP contribution in [0.15, 0.2) is 91.0 Å². The molecule has 1 aliphatic rings. The highest BCUT2D eigenvalue weighted by Gasteiger charge is 2.19. The fraction of sp³-hybridized carbons (Fsp3) is 0.286. The standard InChI is InChI=1S/C28H30/c1-5-13-23(14-6-1)21-27(25-17-9-3-10-18-25)28(26-19-11-4-12-20-26)22-24-15-7-2-8-16-24/h1,3-6,9-14,17-20,24H,2,7-8,15-16,21-22H2/b28-27-. The molecule has 3 aromatic carbocycles. The number of rotatable bonds is 6. The molecule has 0 N–H and O–H groups in total. The van der Waals surface area contributed by atoms with Gasteiger partial charge in [-0.1, -0.05) is 123 Å². The largest absolute Gasteiger partial charge is 0.0622 e. The predicted octanol–water partition coefficient (Wildman–Crippen LogP) is 7.81. The molecule has 0 heteroatoms. The second kappa shape index (κ2) is 9.55. The average molecular weight is 367 g/mol. The summed E-state index contributed by atoms with van der Waals surface area (Å²) in [5, 5.41) is 0. The SMILES string of the molecule is c1ccc(C/C(=C(\CC2CCCCC2)c2ccccc2)c2ccccc2)cc1. The lowest BCUT2D eigenvalue weighted by Crippen LogP contribution is -2.08. The second-order valence-corrected chi connectivity index (χ2v) is 8.06. The fourth-order valence-electron chi connectivity index (χ4n) is 4.56. The van der Waals surface area contributed by atoms with E-state index in [4.69, 9.17) is 0 Å². The van der Waals surface area contributed by atoms with Gasteiger partial charge in [-0.2, -0.15) is 0 Å². The summed E-state index contributed by atoms with van der Waals surface area (Å²) in [4.78, 5) is 0. The van der Waals surface area contributed by atoms with Crippen molar-refractivity contribution in [1.82, 2.24) is 0 Å². The molecule has 1 fully saturated rings. The molecule has 0 atom stereocenters. The lowest BCUT2D eigenvalue weighted by Gasteiger charge is -2.25. The lowest BCUT2D eigenvalue weighted by molar-refractivity contribution is 0.365. The molecule has 28 heavy (non-hydrogen) atoms. The van der Waals surface area contributed by atoms with Crippen molar-refractivity contribution in [3.63, 3.8) is 0 Å². The summed E-state index contributed by atoms with van der Waals surface area (Å²) < 4.78 is 0. The number of hydrogen-bond acceptors (Lipinski definition) is 0. The molecular weight excluding hydrogens is 336 g/mol. The summed E-state index contributed by atoms with van der Waals surface area (Å²) in [6.45, 7) is 0. The van der Waals surface area contributed by atoms with E-state index in [0.29, 0.717) is 0 Å². The van der Waals surface area contributed by atoms with Crippen LogP contribution in [0.1, 0.15) is 55.2 Å². The van der Waals surface area contributed by atoms with Crippen LogP contribution in [-0.2, 0) is 6.42 Å². The zero-order chi connectivity index (χ0) is 19.0. The van der Waals surface area contributed by atoms with E-state index in [1.807, 2.05) is 0 Å². The summed E-state index contributed by atoms with van der Waals surface area (Å²) in [7, 11) is 0. The number of hydrogen-bond donors (Lipinski definition) is 0. The Morgan fingerprint density at radius 1 is 0.571 bits per heavy atom. The summed E-state index contributed by atoms with van der Waals surface area (Å²) in [6.07, 6.45) is 9.14. The zero-order valence-corrected chi connectivity index (χ0v) is 16.7. The van der Waals surface area contributed by atoms with Gasteiger partial charge in [0, 0.05) is 0 Å².